The second-order valence-corrected chi connectivity index (χ2v) is 7.68. The van der Waals surface area contributed by atoms with Crippen molar-refractivity contribution < 1.29 is 32.6 Å². The van der Waals surface area contributed by atoms with Crippen molar-refractivity contribution in [3.8, 4) is 0 Å². The lowest BCUT2D eigenvalue weighted by Gasteiger charge is -2.20. The van der Waals surface area contributed by atoms with Gasteiger partial charge in [-0.3, -0.25) is 9.69 Å². The summed E-state index contributed by atoms with van der Waals surface area (Å²) in [5.41, 5.74) is -1.98. The zero-order valence-corrected chi connectivity index (χ0v) is 16.3. The zero-order chi connectivity index (χ0) is 21.2. The van der Waals surface area contributed by atoms with Crippen LogP contribution >= 0.6 is 11.3 Å². The SMILES string of the molecule is CC(=O)N(c1cccc(C(F)(F)F)c1)c1nc(COC(=O)C2(O)CCCC2)cs1. The van der Waals surface area contributed by atoms with Gasteiger partial charge in [-0.1, -0.05) is 6.07 Å². The Labute approximate surface area is 168 Å². The molecule has 1 saturated carbocycles. The number of nitrogens with zero attached hydrogens (tertiary/aromatic N) is 2. The average Bonchev–Trinajstić information content (AvgIpc) is 3.29. The molecule has 0 atom stereocenters. The van der Waals surface area contributed by atoms with Gasteiger partial charge in [-0.15, -0.1) is 11.3 Å². The highest BCUT2D eigenvalue weighted by molar-refractivity contribution is 7.14. The van der Waals surface area contributed by atoms with Crippen molar-refractivity contribution in [2.75, 3.05) is 4.90 Å². The van der Waals surface area contributed by atoms with E-state index < -0.39 is 29.2 Å². The molecule has 1 aromatic heterocycles. The van der Waals surface area contributed by atoms with Crippen molar-refractivity contribution >= 4 is 34.0 Å². The molecule has 0 saturated heterocycles. The van der Waals surface area contributed by atoms with E-state index in [0.29, 0.717) is 18.5 Å². The molecule has 1 heterocycles. The van der Waals surface area contributed by atoms with Crippen molar-refractivity contribution in [1.82, 2.24) is 4.98 Å². The topological polar surface area (TPSA) is 79.7 Å². The van der Waals surface area contributed by atoms with Crippen molar-refractivity contribution in [3.05, 3.63) is 40.9 Å². The molecule has 1 aromatic carbocycles. The zero-order valence-electron chi connectivity index (χ0n) is 15.5. The summed E-state index contributed by atoms with van der Waals surface area (Å²) in [5.74, 6) is -1.23. The number of alkyl halides is 3. The smallest absolute Gasteiger partial charge is 0.416 e. The van der Waals surface area contributed by atoms with Gasteiger partial charge < -0.3 is 9.84 Å². The Bertz CT molecular complexity index is 907. The van der Waals surface area contributed by atoms with E-state index in [-0.39, 0.29) is 17.4 Å². The van der Waals surface area contributed by atoms with Crippen LogP contribution in [0.25, 0.3) is 0 Å². The van der Waals surface area contributed by atoms with Crippen LogP contribution in [0.3, 0.4) is 0 Å². The maximum Gasteiger partial charge on any atom is 0.416 e. The minimum atomic E-state index is -4.54. The summed E-state index contributed by atoms with van der Waals surface area (Å²) in [6, 6.07) is 4.39. The number of amides is 1. The van der Waals surface area contributed by atoms with Crippen LogP contribution < -0.4 is 4.90 Å². The van der Waals surface area contributed by atoms with Gasteiger partial charge in [0.25, 0.3) is 0 Å². The molecule has 2 aromatic rings. The lowest BCUT2D eigenvalue weighted by atomic mass is 10.0. The van der Waals surface area contributed by atoms with Gasteiger partial charge in [0.15, 0.2) is 10.7 Å². The van der Waals surface area contributed by atoms with Crippen LogP contribution in [-0.2, 0) is 27.1 Å². The van der Waals surface area contributed by atoms with Gasteiger partial charge in [0.1, 0.15) is 6.61 Å². The Morgan fingerprint density at radius 1 is 1.31 bits per heavy atom. The molecular formula is C19H19F3N2O4S. The molecule has 1 aliphatic rings. The number of hydrogen-bond donors (Lipinski definition) is 1. The Balaban J connectivity index is 1.76. The van der Waals surface area contributed by atoms with Crippen molar-refractivity contribution in [3.63, 3.8) is 0 Å². The van der Waals surface area contributed by atoms with E-state index >= 15 is 0 Å². The molecule has 1 amide bonds. The van der Waals surface area contributed by atoms with Gasteiger partial charge in [0, 0.05) is 12.3 Å². The largest absolute Gasteiger partial charge is 0.457 e. The maximum absolute atomic E-state index is 13.0. The van der Waals surface area contributed by atoms with Crippen LogP contribution in [0, 0.1) is 0 Å². The lowest BCUT2D eigenvalue weighted by molar-refractivity contribution is -0.166. The molecule has 3 rings (SSSR count). The number of rotatable bonds is 5. The first kappa shape index (κ1) is 21.3. The monoisotopic (exact) mass is 428 g/mol. The van der Waals surface area contributed by atoms with Crippen molar-refractivity contribution in [1.29, 1.82) is 0 Å². The molecule has 0 aliphatic heterocycles. The second-order valence-electron chi connectivity index (χ2n) is 6.84. The van der Waals surface area contributed by atoms with Gasteiger partial charge in [0.05, 0.1) is 16.9 Å². The van der Waals surface area contributed by atoms with Crippen molar-refractivity contribution in [2.24, 2.45) is 0 Å². The summed E-state index contributed by atoms with van der Waals surface area (Å²) in [5, 5.41) is 11.9. The van der Waals surface area contributed by atoms with Crippen molar-refractivity contribution in [2.45, 2.75) is 51.0 Å². The molecule has 1 N–H and O–H groups in total. The molecule has 1 fully saturated rings. The Kier molecular flexibility index (Phi) is 5.95. The third kappa shape index (κ3) is 4.76. The molecule has 6 nitrogen and oxygen atoms in total. The number of carbonyl (C=O) groups excluding carboxylic acids is 2. The summed E-state index contributed by atoms with van der Waals surface area (Å²) in [6.07, 6.45) is -2.35. The fraction of sp³-hybridized carbons (Fsp3) is 0.421. The molecule has 0 radical (unpaired) electrons. The van der Waals surface area contributed by atoms with E-state index in [2.05, 4.69) is 4.98 Å². The molecular weight excluding hydrogens is 409 g/mol. The second kappa shape index (κ2) is 8.11. The highest BCUT2D eigenvalue weighted by atomic mass is 32.1. The van der Waals surface area contributed by atoms with Gasteiger partial charge >= 0.3 is 12.1 Å². The number of carbonyl (C=O) groups is 2. The molecule has 29 heavy (non-hydrogen) atoms. The fourth-order valence-corrected chi connectivity index (χ4v) is 4.02. The standard InChI is InChI=1S/C19H19F3N2O4S/c1-12(25)24(15-6-4-5-13(9-15)19(20,21)22)17-23-14(11-29-17)10-28-16(26)18(27)7-2-3-8-18/h4-6,9,11,27H,2-3,7-8,10H2,1H3. The summed E-state index contributed by atoms with van der Waals surface area (Å²) in [7, 11) is 0. The van der Waals surface area contributed by atoms with Crippen LogP contribution in [0.4, 0.5) is 24.0 Å². The van der Waals surface area contributed by atoms with Gasteiger partial charge in [-0.25, -0.2) is 9.78 Å². The highest BCUT2D eigenvalue weighted by Crippen LogP contribution is 2.35. The Morgan fingerprint density at radius 2 is 2.00 bits per heavy atom. The predicted molar refractivity (Wildman–Crippen MR) is 99.6 cm³/mol. The number of aromatic nitrogens is 1. The number of benzene rings is 1. The van der Waals surface area contributed by atoms with E-state index in [1.54, 1.807) is 5.38 Å². The van der Waals surface area contributed by atoms with Gasteiger partial charge in [0.2, 0.25) is 5.91 Å². The molecule has 0 spiro atoms. The average molecular weight is 428 g/mol. The summed E-state index contributed by atoms with van der Waals surface area (Å²) >= 11 is 1.04. The van der Waals surface area contributed by atoms with E-state index in [4.69, 9.17) is 4.74 Å². The third-order valence-electron chi connectivity index (χ3n) is 4.64. The molecule has 0 bridgehead atoms. The van der Waals surface area contributed by atoms with Crippen LogP contribution in [0.5, 0.6) is 0 Å². The van der Waals surface area contributed by atoms with Crippen LogP contribution in [0.1, 0.15) is 43.9 Å². The lowest BCUT2D eigenvalue weighted by Crippen LogP contribution is -2.36. The number of hydrogen-bond acceptors (Lipinski definition) is 6. The minimum Gasteiger partial charge on any atom is -0.457 e. The molecule has 1 aliphatic carbocycles. The van der Waals surface area contributed by atoms with E-state index in [1.165, 1.54) is 19.1 Å². The fourth-order valence-electron chi connectivity index (χ4n) is 3.15. The number of anilines is 2. The van der Waals surface area contributed by atoms with Crippen LogP contribution in [-0.4, -0.2) is 27.6 Å². The highest BCUT2D eigenvalue weighted by Gasteiger charge is 2.40. The number of ether oxygens (including phenoxy) is 1. The number of aliphatic hydroxyl groups is 1. The Hall–Kier alpha value is -2.46. The van der Waals surface area contributed by atoms with E-state index in [1.807, 2.05) is 0 Å². The van der Waals surface area contributed by atoms with E-state index in [0.717, 1.165) is 41.2 Å². The summed E-state index contributed by atoms with van der Waals surface area (Å²) in [4.78, 5) is 29.4. The first-order valence-electron chi connectivity index (χ1n) is 8.92. The molecule has 0 unspecified atom stereocenters. The Morgan fingerprint density at radius 3 is 2.62 bits per heavy atom. The van der Waals surface area contributed by atoms with Crippen LogP contribution in [0.2, 0.25) is 0 Å². The molecule has 156 valence electrons. The summed E-state index contributed by atoms with van der Waals surface area (Å²) in [6.45, 7) is 1.02. The molecule has 10 heteroatoms. The van der Waals surface area contributed by atoms with Crippen LogP contribution in [0.15, 0.2) is 29.6 Å². The van der Waals surface area contributed by atoms with E-state index in [9.17, 15) is 27.9 Å². The number of halogens is 3. The predicted octanol–water partition coefficient (Wildman–Crippen LogP) is 4.19. The first-order chi connectivity index (χ1) is 13.6. The first-order valence-corrected chi connectivity index (χ1v) is 9.80. The third-order valence-corrected chi connectivity index (χ3v) is 5.51. The normalized spacial score (nSPS) is 15.9. The number of esters is 1. The quantitative estimate of drug-likeness (QED) is 0.723. The number of thiazole rings is 1. The minimum absolute atomic E-state index is 0.0329. The summed E-state index contributed by atoms with van der Waals surface area (Å²) < 4.78 is 44.1. The van der Waals surface area contributed by atoms with Gasteiger partial charge in [-0.05, 0) is 43.9 Å². The van der Waals surface area contributed by atoms with Gasteiger partial charge in [-0.2, -0.15) is 13.2 Å². The maximum atomic E-state index is 13.0.